The van der Waals surface area contributed by atoms with Crippen molar-refractivity contribution >= 4 is 5.96 Å². The van der Waals surface area contributed by atoms with E-state index in [1.807, 2.05) is 0 Å². The maximum atomic E-state index is 12.3. The maximum absolute atomic E-state index is 12.3. The first-order valence-electron chi connectivity index (χ1n) is 6.00. The molecule has 2 rings (SSSR count). The minimum atomic E-state index is -4.55. The Morgan fingerprint density at radius 3 is 2.68 bits per heavy atom. The molecule has 0 spiro atoms. The number of hydrogen-bond acceptors (Lipinski definition) is 3. The van der Waals surface area contributed by atoms with Crippen molar-refractivity contribution in [1.82, 2.24) is 20.5 Å². The van der Waals surface area contributed by atoms with Gasteiger partial charge in [-0.2, -0.15) is 13.2 Å². The highest BCUT2D eigenvalue weighted by molar-refractivity contribution is 5.78. The Labute approximate surface area is 107 Å². The quantitative estimate of drug-likeness (QED) is 0.571. The zero-order chi connectivity index (χ0) is 13.9. The van der Waals surface area contributed by atoms with Crippen LogP contribution in [0.4, 0.5) is 13.2 Å². The number of aliphatic imine (C=N–C) groups is 1. The zero-order valence-electron chi connectivity index (χ0n) is 10.2. The highest BCUT2D eigenvalue weighted by Crippen LogP contribution is 2.25. The molecule has 1 aromatic rings. The van der Waals surface area contributed by atoms with Crippen LogP contribution in [0.25, 0.3) is 0 Å². The third-order valence-electron chi connectivity index (χ3n) is 2.89. The number of hydrogen-bond donors (Lipinski definition) is 3. The maximum Gasteiger partial charge on any atom is 0.453 e. The summed E-state index contributed by atoms with van der Waals surface area (Å²) in [5, 5.41) is 8.30. The van der Waals surface area contributed by atoms with E-state index in [1.165, 1.54) is 0 Å². The fraction of sp³-hybridized carbons (Fsp3) is 0.700. The van der Waals surface area contributed by atoms with Crippen LogP contribution in [-0.2, 0) is 12.7 Å². The first kappa shape index (κ1) is 13.6. The van der Waals surface area contributed by atoms with Crippen molar-refractivity contribution in [2.45, 2.75) is 44.4 Å². The molecule has 0 saturated heterocycles. The lowest BCUT2D eigenvalue weighted by molar-refractivity contribution is -0.144. The number of H-pyrrole nitrogens is 1. The molecule has 0 unspecified atom stereocenters. The molecule has 0 aromatic carbocycles. The fourth-order valence-electron chi connectivity index (χ4n) is 1.98. The van der Waals surface area contributed by atoms with Crippen LogP contribution in [0.15, 0.2) is 4.99 Å². The molecule has 1 aromatic heterocycles. The highest BCUT2D eigenvalue weighted by Gasteiger charge is 2.35. The van der Waals surface area contributed by atoms with Gasteiger partial charge in [0.1, 0.15) is 12.4 Å². The number of halogens is 3. The highest BCUT2D eigenvalue weighted by atomic mass is 19.4. The van der Waals surface area contributed by atoms with Gasteiger partial charge in [-0.15, -0.1) is 5.10 Å². The van der Waals surface area contributed by atoms with E-state index in [-0.39, 0.29) is 18.3 Å². The third-order valence-corrected chi connectivity index (χ3v) is 2.89. The SMILES string of the molecule is NC(=NCc1nc(C(F)(F)F)n[nH]1)NC1CCCC1. The predicted molar refractivity (Wildman–Crippen MR) is 62.1 cm³/mol. The van der Waals surface area contributed by atoms with Gasteiger partial charge in [0.25, 0.3) is 5.82 Å². The smallest absolute Gasteiger partial charge is 0.370 e. The number of nitrogens with zero attached hydrogens (tertiary/aromatic N) is 3. The molecule has 0 radical (unpaired) electrons. The number of nitrogens with two attached hydrogens (primary N) is 1. The lowest BCUT2D eigenvalue weighted by Gasteiger charge is -2.11. The van der Waals surface area contributed by atoms with Gasteiger partial charge < -0.3 is 11.1 Å². The molecule has 0 atom stereocenters. The monoisotopic (exact) mass is 276 g/mol. The van der Waals surface area contributed by atoms with Gasteiger partial charge in [-0.05, 0) is 12.8 Å². The van der Waals surface area contributed by atoms with Crippen LogP contribution in [0.2, 0.25) is 0 Å². The van der Waals surface area contributed by atoms with Gasteiger partial charge in [0.15, 0.2) is 5.96 Å². The van der Waals surface area contributed by atoms with Crippen molar-refractivity contribution in [2.75, 3.05) is 0 Å². The van der Waals surface area contributed by atoms with E-state index in [0.29, 0.717) is 6.04 Å². The van der Waals surface area contributed by atoms with Crippen molar-refractivity contribution in [1.29, 1.82) is 0 Å². The van der Waals surface area contributed by atoms with Crippen LogP contribution >= 0.6 is 0 Å². The van der Waals surface area contributed by atoms with Gasteiger partial charge in [-0.1, -0.05) is 12.8 Å². The molecule has 1 aliphatic carbocycles. The van der Waals surface area contributed by atoms with E-state index in [4.69, 9.17) is 5.73 Å². The lowest BCUT2D eigenvalue weighted by Crippen LogP contribution is -2.38. The molecule has 1 heterocycles. The minimum Gasteiger partial charge on any atom is -0.370 e. The predicted octanol–water partition coefficient (Wildman–Crippen LogP) is 1.17. The van der Waals surface area contributed by atoms with Crippen molar-refractivity contribution < 1.29 is 13.2 Å². The molecule has 1 saturated carbocycles. The van der Waals surface area contributed by atoms with Crippen molar-refractivity contribution in [3.63, 3.8) is 0 Å². The minimum absolute atomic E-state index is 0.0310. The fourth-order valence-corrected chi connectivity index (χ4v) is 1.98. The summed E-state index contributed by atoms with van der Waals surface area (Å²) in [7, 11) is 0. The summed E-state index contributed by atoms with van der Waals surface area (Å²) in [6.07, 6.45) is -0.163. The van der Waals surface area contributed by atoms with Crippen molar-refractivity contribution in [2.24, 2.45) is 10.7 Å². The summed E-state index contributed by atoms with van der Waals surface area (Å²) in [6.45, 7) is -0.0609. The molecule has 1 aliphatic rings. The van der Waals surface area contributed by atoms with Crippen LogP contribution in [0.5, 0.6) is 0 Å². The average Bonchev–Trinajstić information content (AvgIpc) is 2.95. The van der Waals surface area contributed by atoms with Crippen LogP contribution in [-0.4, -0.2) is 27.2 Å². The number of rotatable bonds is 3. The number of aromatic nitrogens is 3. The molecule has 4 N–H and O–H groups in total. The Bertz CT molecular complexity index is 446. The second-order valence-electron chi connectivity index (χ2n) is 4.43. The van der Waals surface area contributed by atoms with Gasteiger partial charge in [0.2, 0.25) is 0 Å². The number of guanidine groups is 1. The van der Waals surface area contributed by atoms with E-state index < -0.39 is 12.0 Å². The van der Waals surface area contributed by atoms with Gasteiger partial charge in [0, 0.05) is 6.04 Å². The summed E-state index contributed by atoms with van der Waals surface area (Å²) in [5.41, 5.74) is 5.65. The largest absolute Gasteiger partial charge is 0.453 e. The van der Waals surface area contributed by atoms with Crippen LogP contribution in [0.1, 0.15) is 37.3 Å². The standard InChI is InChI=1S/C10H15F3N6/c11-10(12,13)8-17-7(18-19-8)5-15-9(14)16-6-3-1-2-4-6/h6H,1-5H2,(H3,14,15,16)(H,17,18,19). The van der Waals surface area contributed by atoms with E-state index in [0.717, 1.165) is 25.7 Å². The first-order chi connectivity index (χ1) is 8.95. The van der Waals surface area contributed by atoms with Gasteiger partial charge >= 0.3 is 6.18 Å². The van der Waals surface area contributed by atoms with Gasteiger partial charge in [-0.25, -0.2) is 9.98 Å². The molecule has 1 fully saturated rings. The summed E-state index contributed by atoms with van der Waals surface area (Å²) < 4.78 is 36.8. The van der Waals surface area contributed by atoms with Crippen LogP contribution < -0.4 is 11.1 Å². The van der Waals surface area contributed by atoms with E-state index in [2.05, 4.69) is 25.5 Å². The molecule has 106 valence electrons. The number of nitrogens with one attached hydrogen (secondary N) is 2. The number of aromatic amines is 1. The molecule has 19 heavy (non-hydrogen) atoms. The second-order valence-corrected chi connectivity index (χ2v) is 4.43. The van der Waals surface area contributed by atoms with Crippen LogP contribution in [0, 0.1) is 0 Å². The summed E-state index contributed by atoms with van der Waals surface area (Å²) in [6, 6.07) is 0.309. The molecule has 9 heteroatoms. The lowest BCUT2D eigenvalue weighted by atomic mass is 10.2. The average molecular weight is 276 g/mol. The third kappa shape index (κ3) is 3.83. The molecule has 6 nitrogen and oxygen atoms in total. The first-order valence-corrected chi connectivity index (χ1v) is 6.00. The Balaban J connectivity index is 1.88. The topological polar surface area (TPSA) is 92.0 Å². The Morgan fingerprint density at radius 2 is 2.11 bits per heavy atom. The van der Waals surface area contributed by atoms with E-state index in [1.54, 1.807) is 0 Å². The molecular formula is C10H15F3N6. The molecule has 0 bridgehead atoms. The normalized spacial score (nSPS) is 17.9. The Morgan fingerprint density at radius 1 is 1.42 bits per heavy atom. The van der Waals surface area contributed by atoms with Crippen molar-refractivity contribution in [3.05, 3.63) is 11.6 Å². The van der Waals surface area contributed by atoms with Gasteiger partial charge in [0.05, 0.1) is 0 Å². The van der Waals surface area contributed by atoms with Crippen LogP contribution in [0.3, 0.4) is 0 Å². The second kappa shape index (κ2) is 5.45. The molecule has 0 amide bonds. The summed E-state index contributed by atoms with van der Waals surface area (Å²) in [5.74, 6) is -0.944. The van der Waals surface area contributed by atoms with Gasteiger partial charge in [-0.3, -0.25) is 5.10 Å². The zero-order valence-corrected chi connectivity index (χ0v) is 10.2. The van der Waals surface area contributed by atoms with E-state index >= 15 is 0 Å². The number of alkyl halides is 3. The Hall–Kier alpha value is -1.80. The summed E-state index contributed by atoms with van der Waals surface area (Å²) >= 11 is 0. The summed E-state index contributed by atoms with van der Waals surface area (Å²) in [4.78, 5) is 7.24. The molecule has 0 aliphatic heterocycles. The molecular weight excluding hydrogens is 261 g/mol. The van der Waals surface area contributed by atoms with E-state index in [9.17, 15) is 13.2 Å². The Kier molecular flexibility index (Phi) is 3.91. The van der Waals surface area contributed by atoms with Crippen molar-refractivity contribution in [3.8, 4) is 0 Å².